The highest BCUT2D eigenvalue weighted by Gasteiger charge is 2.01. The van der Waals surface area contributed by atoms with Gasteiger partial charge in [-0.2, -0.15) is 5.10 Å². The summed E-state index contributed by atoms with van der Waals surface area (Å²) in [5.74, 6) is 0. The van der Waals surface area contributed by atoms with Crippen molar-refractivity contribution in [3.05, 3.63) is 34.4 Å². The maximum absolute atomic E-state index is 5.27. The minimum absolute atomic E-state index is 0.175. The highest BCUT2D eigenvalue weighted by atomic mass is 32.1. The molecule has 15 heavy (non-hydrogen) atoms. The third-order valence-electron chi connectivity index (χ3n) is 2.37. The lowest BCUT2D eigenvalue weighted by atomic mass is 9.99. The van der Waals surface area contributed by atoms with Crippen LogP contribution in [0, 0.1) is 20.8 Å². The molecule has 80 valence electrons. The van der Waals surface area contributed by atoms with Crippen molar-refractivity contribution in [3.63, 3.8) is 0 Å². The predicted molar refractivity (Wildman–Crippen MR) is 68.2 cm³/mol. The van der Waals surface area contributed by atoms with Gasteiger partial charge in [-0.3, -0.25) is 5.43 Å². The van der Waals surface area contributed by atoms with E-state index < -0.39 is 0 Å². The minimum atomic E-state index is 0.175. The van der Waals surface area contributed by atoms with Crippen molar-refractivity contribution in [1.82, 2.24) is 5.43 Å². The van der Waals surface area contributed by atoms with Crippen molar-refractivity contribution in [3.8, 4) is 0 Å². The molecule has 0 aliphatic rings. The van der Waals surface area contributed by atoms with Gasteiger partial charge in [0.15, 0.2) is 5.11 Å². The van der Waals surface area contributed by atoms with Gasteiger partial charge >= 0.3 is 0 Å². The van der Waals surface area contributed by atoms with Crippen LogP contribution in [-0.2, 0) is 0 Å². The number of benzene rings is 1. The van der Waals surface area contributed by atoms with Crippen LogP contribution in [0.1, 0.15) is 22.3 Å². The first-order valence-corrected chi connectivity index (χ1v) is 5.08. The molecule has 3 N–H and O–H groups in total. The van der Waals surface area contributed by atoms with Crippen LogP contribution in [0.15, 0.2) is 17.2 Å². The fourth-order valence-electron chi connectivity index (χ4n) is 1.33. The Morgan fingerprint density at radius 3 is 2.53 bits per heavy atom. The summed E-state index contributed by atoms with van der Waals surface area (Å²) in [7, 11) is 0. The largest absolute Gasteiger partial charge is 0.375 e. The normalized spacial score (nSPS) is 10.6. The van der Waals surface area contributed by atoms with E-state index in [0.29, 0.717) is 0 Å². The molecular formula is C11H15N3S. The number of hydrazone groups is 1. The van der Waals surface area contributed by atoms with Crippen LogP contribution >= 0.6 is 12.2 Å². The first-order chi connectivity index (χ1) is 7.02. The molecule has 0 bridgehead atoms. The molecule has 0 fully saturated rings. The number of hydrogen-bond donors (Lipinski definition) is 2. The van der Waals surface area contributed by atoms with Crippen molar-refractivity contribution >= 4 is 23.5 Å². The summed E-state index contributed by atoms with van der Waals surface area (Å²) >= 11 is 4.66. The number of hydrogen-bond acceptors (Lipinski definition) is 2. The Hall–Kier alpha value is -1.42. The topological polar surface area (TPSA) is 50.4 Å². The highest BCUT2D eigenvalue weighted by Crippen LogP contribution is 2.15. The molecule has 0 radical (unpaired) electrons. The molecule has 1 rings (SSSR count). The van der Waals surface area contributed by atoms with Gasteiger partial charge in [0, 0.05) is 5.56 Å². The lowest BCUT2D eigenvalue weighted by molar-refractivity contribution is 1.04. The molecule has 0 amide bonds. The van der Waals surface area contributed by atoms with E-state index in [1.165, 1.54) is 16.7 Å². The van der Waals surface area contributed by atoms with Crippen LogP contribution in [0.3, 0.4) is 0 Å². The van der Waals surface area contributed by atoms with Gasteiger partial charge in [0.1, 0.15) is 0 Å². The zero-order valence-corrected chi connectivity index (χ0v) is 9.98. The van der Waals surface area contributed by atoms with E-state index in [2.05, 4.69) is 55.6 Å². The fraction of sp³-hybridized carbons (Fsp3) is 0.273. The number of rotatable bonds is 2. The smallest absolute Gasteiger partial charge is 0.184 e. The Morgan fingerprint density at radius 2 is 1.93 bits per heavy atom. The average molecular weight is 221 g/mol. The maximum atomic E-state index is 5.27. The Morgan fingerprint density at radius 1 is 1.33 bits per heavy atom. The van der Waals surface area contributed by atoms with Crippen LogP contribution in [0.4, 0.5) is 0 Å². The summed E-state index contributed by atoms with van der Waals surface area (Å²) in [6, 6.07) is 4.17. The lowest BCUT2D eigenvalue weighted by Gasteiger charge is -2.07. The van der Waals surface area contributed by atoms with E-state index >= 15 is 0 Å². The van der Waals surface area contributed by atoms with Crippen LogP contribution in [-0.4, -0.2) is 11.3 Å². The molecule has 4 heteroatoms. The second kappa shape index (κ2) is 4.89. The van der Waals surface area contributed by atoms with Crippen LogP contribution in [0.5, 0.6) is 0 Å². The van der Waals surface area contributed by atoms with Crippen molar-refractivity contribution in [2.45, 2.75) is 20.8 Å². The molecule has 3 nitrogen and oxygen atoms in total. The number of thiocarbonyl (C=S) groups is 1. The quantitative estimate of drug-likeness (QED) is 0.455. The first kappa shape index (κ1) is 11.7. The van der Waals surface area contributed by atoms with Gasteiger partial charge in [-0.05, 0) is 49.7 Å². The van der Waals surface area contributed by atoms with Crippen molar-refractivity contribution in [1.29, 1.82) is 0 Å². The third kappa shape index (κ3) is 3.02. The van der Waals surface area contributed by atoms with E-state index in [1.54, 1.807) is 6.21 Å². The van der Waals surface area contributed by atoms with E-state index in [0.717, 1.165) is 5.56 Å². The van der Waals surface area contributed by atoms with Crippen molar-refractivity contribution in [2.24, 2.45) is 10.8 Å². The average Bonchev–Trinajstić information content (AvgIpc) is 2.17. The minimum Gasteiger partial charge on any atom is -0.375 e. The second-order valence-electron chi connectivity index (χ2n) is 3.47. The number of nitrogens with two attached hydrogens (primary N) is 1. The van der Waals surface area contributed by atoms with Gasteiger partial charge in [0.2, 0.25) is 0 Å². The van der Waals surface area contributed by atoms with Gasteiger partial charge < -0.3 is 5.73 Å². The first-order valence-electron chi connectivity index (χ1n) is 4.67. The number of nitrogens with one attached hydrogen (secondary N) is 1. The second-order valence-corrected chi connectivity index (χ2v) is 3.91. The standard InChI is InChI=1S/C11H15N3S/c1-7-4-5-8(2)10(9(7)3)6-13-14-11(12)15/h4-6H,1-3H3,(H3,12,14,15). The molecule has 0 aliphatic heterocycles. The van der Waals surface area contributed by atoms with Gasteiger partial charge in [-0.15, -0.1) is 0 Å². The van der Waals surface area contributed by atoms with Gasteiger partial charge in [0.05, 0.1) is 6.21 Å². The van der Waals surface area contributed by atoms with Gasteiger partial charge in [-0.1, -0.05) is 12.1 Å². The molecular weight excluding hydrogens is 206 g/mol. The van der Waals surface area contributed by atoms with Gasteiger partial charge in [-0.25, -0.2) is 0 Å². The molecule has 1 aromatic rings. The summed E-state index contributed by atoms with van der Waals surface area (Å²) < 4.78 is 0. The van der Waals surface area contributed by atoms with Crippen LogP contribution in [0.25, 0.3) is 0 Å². The molecule has 0 saturated carbocycles. The molecule has 0 unspecified atom stereocenters. The Balaban J connectivity index is 2.98. The lowest BCUT2D eigenvalue weighted by Crippen LogP contribution is -2.24. The molecule has 0 spiro atoms. The van der Waals surface area contributed by atoms with Crippen LogP contribution < -0.4 is 11.2 Å². The van der Waals surface area contributed by atoms with Crippen molar-refractivity contribution in [2.75, 3.05) is 0 Å². The monoisotopic (exact) mass is 221 g/mol. The van der Waals surface area contributed by atoms with E-state index in [4.69, 9.17) is 5.73 Å². The summed E-state index contributed by atoms with van der Waals surface area (Å²) in [5, 5.41) is 4.14. The van der Waals surface area contributed by atoms with E-state index in [1.807, 2.05) is 0 Å². The summed E-state index contributed by atoms with van der Waals surface area (Å²) in [6.45, 7) is 6.20. The maximum Gasteiger partial charge on any atom is 0.184 e. The fourth-order valence-corrected chi connectivity index (χ4v) is 1.38. The van der Waals surface area contributed by atoms with E-state index in [9.17, 15) is 0 Å². The van der Waals surface area contributed by atoms with E-state index in [-0.39, 0.29) is 5.11 Å². The summed E-state index contributed by atoms with van der Waals surface area (Å²) in [5.41, 5.74) is 12.6. The molecule has 0 saturated heterocycles. The number of aryl methyl sites for hydroxylation is 2. The molecule has 0 atom stereocenters. The SMILES string of the molecule is Cc1ccc(C)c(C=NNC(N)=S)c1C. The molecule has 0 aromatic heterocycles. The van der Waals surface area contributed by atoms with Gasteiger partial charge in [0.25, 0.3) is 0 Å². The molecule has 1 aromatic carbocycles. The highest BCUT2D eigenvalue weighted by molar-refractivity contribution is 7.80. The Bertz CT molecular complexity index is 411. The predicted octanol–water partition coefficient (Wildman–Crippen LogP) is 1.78. The zero-order valence-electron chi connectivity index (χ0n) is 9.16. The number of nitrogens with zero attached hydrogens (tertiary/aromatic N) is 1. The van der Waals surface area contributed by atoms with Crippen LogP contribution in [0.2, 0.25) is 0 Å². The molecule has 0 aliphatic carbocycles. The third-order valence-corrected chi connectivity index (χ3v) is 2.46. The Labute approximate surface area is 95.4 Å². The summed E-state index contributed by atoms with van der Waals surface area (Å²) in [6.07, 6.45) is 1.75. The summed E-state index contributed by atoms with van der Waals surface area (Å²) in [4.78, 5) is 0. The van der Waals surface area contributed by atoms with Crippen molar-refractivity contribution < 1.29 is 0 Å². The Kier molecular flexibility index (Phi) is 3.80. The molecule has 0 heterocycles. The zero-order chi connectivity index (χ0) is 11.4.